The first kappa shape index (κ1) is 13.8. The van der Waals surface area contributed by atoms with E-state index < -0.39 is 0 Å². The number of aromatic amines is 1. The summed E-state index contributed by atoms with van der Waals surface area (Å²) in [5, 5.41) is 6.29. The lowest BCUT2D eigenvalue weighted by molar-refractivity contribution is 0.0937. The molecule has 0 aliphatic heterocycles. The largest absolute Gasteiger partial charge is 0.383 e. The van der Waals surface area contributed by atoms with Crippen molar-refractivity contribution in [2.45, 2.75) is 0 Å². The van der Waals surface area contributed by atoms with Gasteiger partial charge in [0.05, 0.1) is 17.5 Å². The molecule has 0 fully saturated rings. The Bertz CT molecular complexity index is 866. The van der Waals surface area contributed by atoms with E-state index in [0.29, 0.717) is 29.6 Å². The van der Waals surface area contributed by atoms with Crippen LogP contribution in [0.5, 0.6) is 0 Å². The first-order chi connectivity index (χ1) is 10.2. The molecular formula is C15H14N2O3S. The van der Waals surface area contributed by atoms with Gasteiger partial charge in [-0.1, -0.05) is 6.07 Å². The van der Waals surface area contributed by atoms with Crippen LogP contribution in [0.4, 0.5) is 0 Å². The highest BCUT2D eigenvalue weighted by molar-refractivity contribution is 7.18. The number of ether oxygens (including phenoxy) is 1. The maximum Gasteiger partial charge on any atom is 0.257 e. The van der Waals surface area contributed by atoms with Crippen LogP contribution in [0, 0.1) is 0 Å². The number of carbonyl (C=O) groups excluding carboxylic acids is 1. The molecule has 0 spiro atoms. The maximum atomic E-state index is 12.0. The lowest BCUT2D eigenvalue weighted by Gasteiger charge is -2.06. The molecule has 0 saturated heterocycles. The second-order valence-electron chi connectivity index (χ2n) is 4.63. The number of rotatable bonds is 4. The Kier molecular flexibility index (Phi) is 3.72. The van der Waals surface area contributed by atoms with Crippen molar-refractivity contribution in [3.05, 3.63) is 45.6 Å². The summed E-state index contributed by atoms with van der Waals surface area (Å²) in [6.45, 7) is 0.916. The van der Waals surface area contributed by atoms with E-state index in [1.54, 1.807) is 19.2 Å². The van der Waals surface area contributed by atoms with Gasteiger partial charge in [-0.15, -0.1) is 11.3 Å². The van der Waals surface area contributed by atoms with Crippen molar-refractivity contribution in [2.24, 2.45) is 0 Å². The molecule has 1 aromatic carbocycles. The third-order valence-corrected chi connectivity index (χ3v) is 4.22. The third kappa shape index (κ3) is 2.55. The van der Waals surface area contributed by atoms with E-state index in [2.05, 4.69) is 10.3 Å². The number of fused-ring (bicyclic) bond motifs is 3. The van der Waals surface area contributed by atoms with Gasteiger partial charge in [-0.05, 0) is 23.6 Å². The molecule has 5 nitrogen and oxygen atoms in total. The van der Waals surface area contributed by atoms with Crippen molar-refractivity contribution < 1.29 is 9.53 Å². The Hall–Kier alpha value is -2.18. The van der Waals surface area contributed by atoms with Crippen LogP contribution in [-0.2, 0) is 4.74 Å². The second-order valence-corrected chi connectivity index (χ2v) is 5.54. The van der Waals surface area contributed by atoms with Crippen molar-refractivity contribution in [3.63, 3.8) is 0 Å². The summed E-state index contributed by atoms with van der Waals surface area (Å²) in [6, 6.07) is 7.15. The molecule has 2 heterocycles. The molecule has 0 aliphatic rings. The van der Waals surface area contributed by atoms with Gasteiger partial charge < -0.3 is 15.0 Å². The molecule has 0 saturated carbocycles. The van der Waals surface area contributed by atoms with Gasteiger partial charge in [-0.25, -0.2) is 0 Å². The van der Waals surface area contributed by atoms with Gasteiger partial charge >= 0.3 is 0 Å². The molecule has 1 amide bonds. The number of aromatic nitrogens is 1. The molecule has 3 aromatic rings. The van der Waals surface area contributed by atoms with Crippen LogP contribution in [0.3, 0.4) is 0 Å². The quantitative estimate of drug-likeness (QED) is 0.725. The topological polar surface area (TPSA) is 71.2 Å². The lowest BCUT2D eigenvalue weighted by Crippen LogP contribution is -2.26. The van der Waals surface area contributed by atoms with Gasteiger partial charge in [0, 0.05) is 29.3 Å². The number of methoxy groups -OCH3 is 1. The highest BCUT2D eigenvalue weighted by atomic mass is 32.1. The zero-order chi connectivity index (χ0) is 14.8. The Morgan fingerprint density at radius 1 is 1.33 bits per heavy atom. The average molecular weight is 302 g/mol. The zero-order valence-electron chi connectivity index (χ0n) is 11.4. The Morgan fingerprint density at radius 3 is 3.00 bits per heavy atom. The Labute approximate surface area is 124 Å². The summed E-state index contributed by atoms with van der Waals surface area (Å²) in [5.74, 6) is -0.180. The average Bonchev–Trinajstić information content (AvgIpc) is 2.97. The molecule has 6 heteroatoms. The van der Waals surface area contributed by atoms with Crippen LogP contribution in [0.15, 0.2) is 34.4 Å². The molecule has 2 aromatic heterocycles. The Balaban J connectivity index is 2.02. The summed E-state index contributed by atoms with van der Waals surface area (Å²) in [5.41, 5.74) is 1.06. The minimum Gasteiger partial charge on any atom is -0.383 e. The number of hydrogen-bond donors (Lipinski definition) is 2. The maximum absolute atomic E-state index is 12.0. The van der Waals surface area contributed by atoms with Crippen LogP contribution in [0.2, 0.25) is 0 Å². The molecule has 0 bridgehead atoms. The predicted molar refractivity (Wildman–Crippen MR) is 84.2 cm³/mol. The fraction of sp³-hybridized carbons (Fsp3) is 0.200. The summed E-state index contributed by atoms with van der Waals surface area (Å²) in [7, 11) is 1.58. The van der Waals surface area contributed by atoms with Crippen LogP contribution in [-0.4, -0.2) is 31.2 Å². The molecule has 0 unspecified atom stereocenters. The number of carbonyl (C=O) groups is 1. The van der Waals surface area contributed by atoms with E-state index in [4.69, 9.17) is 4.74 Å². The van der Waals surface area contributed by atoms with E-state index >= 15 is 0 Å². The van der Waals surface area contributed by atoms with E-state index in [1.165, 1.54) is 11.3 Å². The number of nitrogens with one attached hydrogen (secondary N) is 2. The normalized spacial score (nSPS) is 11.1. The number of thiophene rings is 1. The molecular weight excluding hydrogens is 288 g/mol. The molecule has 0 atom stereocenters. The molecule has 21 heavy (non-hydrogen) atoms. The number of hydrogen-bond acceptors (Lipinski definition) is 4. The molecule has 3 rings (SSSR count). The van der Waals surface area contributed by atoms with Crippen LogP contribution >= 0.6 is 11.3 Å². The smallest absolute Gasteiger partial charge is 0.257 e. The molecule has 2 N–H and O–H groups in total. The molecule has 0 aliphatic carbocycles. The van der Waals surface area contributed by atoms with Crippen molar-refractivity contribution in [3.8, 4) is 0 Å². The zero-order valence-corrected chi connectivity index (χ0v) is 12.3. The highest BCUT2D eigenvalue weighted by Crippen LogP contribution is 2.26. The first-order valence-electron chi connectivity index (χ1n) is 6.51. The minimum absolute atomic E-state index is 0.129. The standard InChI is InChI=1S/C15H14N2O3S/c1-20-6-5-16-14(18)9-2-3-10-12(8-9)17-15(19)11-4-7-21-13(10)11/h2-4,7-8H,5-6H2,1H3,(H,16,18)(H,17,19). The SMILES string of the molecule is COCCNC(=O)c1ccc2c(c1)[nH]c(=O)c1ccsc12. The van der Waals surface area contributed by atoms with Crippen molar-refractivity contribution in [1.29, 1.82) is 0 Å². The van der Waals surface area contributed by atoms with Gasteiger partial charge in [0.2, 0.25) is 0 Å². The van der Waals surface area contributed by atoms with Crippen molar-refractivity contribution >= 4 is 38.2 Å². The lowest BCUT2D eigenvalue weighted by atomic mass is 10.1. The van der Waals surface area contributed by atoms with Gasteiger partial charge in [-0.3, -0.25) is 9.59 Å². The molecule has 0 radical (unpaired) electrons. The number of pyridine rings is 1. The number of H-pyrrole nitrogens is 1. The summed E-state index contributed by atoms with van der Waals surface area (Å²) < 4.78 is 5.84. The summed E-state index contributed by atoms with van der Waals surface area (Å²) in [4.78, 5) is 26.8. The summed E-state index contributed by atoms with van der Waals surface area (Å²) in [6.07, 6.45) is 0. The highest BCUT2D eigenvalue weighted by Gasteiger charge is 2.10. The predicted octanol–water partition coefficient (Wildman–Crippen LogP) is 2.12. The van der Waals surface area contributed by atoms with E-state index in [-0.39, 0.29) is 11.5 Å². The Morgan fingerprint density at radius 2 is 2.19 bits per heavy atom. The fourth-order valence-corrected chi connectivity index (χ4v) is 3.17. The first-order valence-corrected chi connectivity index (χ1v) is 7.39. The van der Waals surface area contributed by atoms with Crippen molar-refractivity contribution in [2.75, 3.05) is 20.3 Å². The third-order valence-electron chi connectivity index (χ3n) is 3.28. The number of amides is 1. The monoisotopic (exact) mass is 302 g/mol. The van der Waals surface area contributed by atoms with Gasteiger partial charge in [0.25, 0.3) is 11.5 Å². The van der Waals surface area contributed by atoms with E-state index in [0.717, 1.165) is 10.1 Å². The second kappa shape index (κ2) is 5.67. The van der Waals surface area contributed by atoms with Gasteiger partial charge in [0.1, 0.15) is 0 Å². The minimum atomic E-state index is -0.180. The molecule has 108 valence electrons. The van der Waals surface area contributed by atoms with Gasteiger partial charge in [-0.2, -0.15) is 0 Å². The van der Waals surface area contributed by atoms with E-state index in [1.807, 2.05) is 17.5 Å². The summed E-state index contributed by atoms with van der Waals surface area (Å²) >= 11 is 1.53. The van der Waals surface area contributed by atoms with Gasteiger partial charge in [0.15, 0.2) is 0 Å². The number of benzene rings is 1. The van der Waals surface area contributed by atoms with Crippen LogP contribution in [0.25, 0.3) is 21.0 Å². The van der Waals surface area contributed by atoms with Crippen LogP contribution in [0.1, 0.15) is 10.4 Å². The fourth-order valence-electron chi connectivity index (χ4n) is 2.24. The van der Waals surface area contributed by atoms with E-state index in [9.17, 15) is 9.59 Å². The van der Waals surface area contributed by atoms with Crippen molar-refractivity contribution in [1.82, 2.24) is 10.3 Å². The van der Waals surface area contributed by atoms with Crippen LogP contribution < -0.4 is 10.9 Å².